The van der Waals surface area contributed by atoms with E-state index in [1.165, 1.54) is 18.4 Å². The van der Waals surface area contributed by atoms with E-state index in [4.69, 9.17) is 0 Å². The fraction of sp³-hybridized carbons (Fsp3) is 0.400. The number of hydrogen-bond acceptors (Lipinski definition) is 4. The predicted octanol–water partition coefficient (Wildman–Crippen LogP) is 2.89. The Morgan fingerprint density at radius 2 is 2.00 bits per heavy atom. The Morgan fingerprint density at radius 3 is 2.40 bits per heavy atom. The first kappa shape index (κ1) is 12.4. The van der Waals surface area contributed by atoms with Crippen molar-refractivity contribution in [3.05, 3.63) is 20.8 Å². The van der Waals surface area contributed by atoms with E-state index in [-0.39, 0.29) is 5.78 Å². The van der Waals surface area contributed by atoms with Gasteiger partial charge in [-0.1, -0.05) is 0 Å². The normalized spacial score (nSPS) is 11.2. The van der Waals surface area contributed by atoms with Gasteiger partial charge in [-0.25, -0.2) is 0 Å². The van der Waals surface area contributed by atoms with E-state index in [0.29, 0.717) is 4.88 Å². The second-order valence-electron chi connectivity index (χ2n) is 3.55. The molecule has 15 heavy (non-hydrogen) atoms. The number of rotatable bonds is 3. The minimum Gasteiger partial charge on any atom is -0.468 e. The fourth-order valence-electron chi connectivity index (χ4n) is 1.09. The summed E-state index contributed by atoms with van der Waals surface area (Å²) in [6.45, 7) is 3.13. The predicted molar refractivity (Wildman–Crippen MR) is 62.1 cm³/mol. The Bertz CT molecular complexity index is 395. The zero-order valence-corrected chi connectivity index (χ0v) is 11.1. The summed E-state index contributed by atoms with van der Waals surface area (Å²) < 4.78 is 5.46. The van der Waals surface area contributed by atoms with Crippen LogP contribution in [0.1, 0.15) is 23.5 Å². The molecule has 0 bridgehead atoms. The second kappa shape index (κ2) is 4.45. The van der Waals surface area contributed by atoms with Crippen LogP contribution in [-0.4, -0.2) is 18.9 Å². The van der Waals surface area contributed by atoms with E-state index in [9.17, 15) is 9.59 Å². The van der Waals surface area contributed by atoms with Crippen molar-refractivity contribution in [3.8, 4) is 0 Å². The lowest BCUT2D eigenvalue weighted by atomic mass is 9.87. The summed E-state index contributed by atoms with van der Waals surface area (Å²) in [7, 11) is 1.28. The molecular formula is C10H11BrO3S. The largest absolute Gasteiger partial charge is 0.468 e. The standard InChI is InChI=1S/C10H11BrO3S/c1-10(2,9(13)14-3)8(12)6-4-5-7(11)15-6/h4-5H,1-3H3. The average molecular weight is 291 g/mol. The number of carbonyl (C=O) groups is 2. The first-order valence-corrected chi connectivity index (χ1v) is 5.89. The van der Waals surface area contributed by atoms with E-state index >= 15 is 0 Å². The van der Waals surface area contributed by atoms with Gasteiger partial charge >= 0.3 is 5.97 Å². The summed E-state index contributed by atoms with van der Waals surface area (Å²) in [5, 5.41) is 0. The van der Waals surface area contributed by atoms with Crippen LogP contribution in [0, 0.1) is 5.41 Å². The third kappa shape index (κ3) is 2.46. The van der Waals surface area contributed by atoms with Gasteiger partial charge < -0.3 is 4.74 Å². The van der Waals surface area contributed by atoms with E-state index in [2.05, 4.69) is 20.7 Å². The minimum atomic E-state index is -1.13. The number of Topliss-reactive ketones (excluding diaryl/α,β-unsaturated/α-hetero) is 1. The fourth-order valence-corrected chi connectivity index (χ4v) is 2.58. The van der Waals surface area contributed by atoms with Gasteiger partial charge in [-0.2, -0.15) is 0 Å². The van der Waals surface area contributed by atoms with Crippen LogP contribution in [0.4, 0.5) is 0 Å². The van der Waals surface area contributed by atoms with E-state index in [1.54, 1.807) is 26.0 Å². The zero-order chi connectivity index (χ0) is 11.6. The van der Waals surface area contributed by atoms with E-state index < -0.39 is 11.4 Å². The lowest BCUT2D eigenvalue weighted by Crippen LogP contribution is -2.34. The summed E-state index contributed by atoms with van der Waals surface area (Å²) in [6.07, 6.45) is 0. The number of thiophene rings is 1. The summed E-state index contributed by atoms with van der Waals surface area (Å²) in [6, 6.07) is 3.48. The molecule has 0 aliphatic carbocycles. The molecule has 0 aromatic carbocycles. The quantitative estimate of drug-likeness (QED) is 0.488. The van der Waals surface area contributed by atoms with Crippen LogP contribution < -0.4 is 0 Å². The highest BCUT2D eigenvalue weighted by atomic mass is 79.9. The van der Waals surface area contributed by atoms with Crippen molar-refractivity contribution in [1.82, 2.24) is 0 Å². The summed E-state index contributed by atoms with van der Waals surface area (Å²) in [5.74, 6) is -0.734. The Kier molecular flexibility index (Phi) is 3.67. The number of ketones is 1. The highest BCUT2D eigenvalue weighted by Gasteiger charge is 2.38. The van der Waals surface area contributed by atoms with Gasteiger partial charge in [0.25, 0.3) is 0 Å². The number of methoxy groups -OCH3 is 1. The van der Waals surface area contributed by atoms with Crippen LogP contribution >= 0.6 is 27.3 Å². The molecule has 1 rings (SSSR count). The van der Waals surface area contributed by atoms with Crippen LogP contribution in [0.25, 0.3) is 0 Å². The molecule has 0 saturated carbocycles. The highest BCUT2D eigenvalue weighted by Crippen LogP contribution is 2.29. The first-order chi connectivity index (χ1) is 6.89. The Hall–Kier alpha value is -0.680. The van der Waals surface area contributed by atoms with E-state index in [0.717, 1.165) is 3.79 Å². The number of ether oxygens (including phenoxy) is 1. The first-order valence-electron chi connectivity index (χ1n) is 4.28. The highest BCUT2D eigenvalue weighted by molar-refractivity contribution is 9.11. The molecule has 0 spiro atoms. The number of carbonyl (C=O) groups excluding carboxylic acids is 2. The monoisotopic (exact) mass is 290 g/mol. The van der Waals surface area contributed by atoms with Crippen molar-refractivity contribution in [2.24, 2.45) is 5.41 Å². The molecule has 82 valence electrons. The number of esters is 1. The van der Waals surface area contributed by atoms with Gasteiger partial charge in [-0.15, -0.1) is 11.3 Å². The van der Waals surface area contributed by atoms with Gasteiger partial charge in [0.15, 0.2) is 5.78 Å². The molecule has 0 amide bonds. The van der Waals surface area contributed by atoms with Crippen molar-refractivity contribution < 1.29 is 14.3 Å². The van der Waals surface area contributed by atoms with Crippen LogP contribution in [0.15, 0.2) is 15.9 Å². The SMILES string of the molecule is COC(=O)C(C)(C)C(=O)c1ccc(Br)s1. The van der Waals surface area contributed by atoms with Gasteiger partial charge in [0.2, 0.25) is 0 Å². The topological polar surface area (TPSA) is 43.4 Å². The molecule has 0 unspecified atom stereocenters. The van der Waals surface area contributed by atoms with Crippen LogP contribution in [0.3, 0.4) is 0 Å². The third-order valence-corrected chi connectivity index (χ3v) is 3.68. The molecule has 0 fully saturated rings. The van der Waals surface area contributed by atoms with E-state index in [1.807, 2.05) is 0 Å². The molecule has 1 heterocycles. The molecule has 1 aromatic heterocycles. The maximum absolute atomic E-state index is 12.0. The zero-order valence-electron chi connectivity index (χ0n) is 8.67. The van der Waals surface area contributed by atoms with Crippen LogP contribution in [0.2, 0.25) is 0 Å². The molecular weight excluding hydrogens is 280 g/mol. The van der Waals surface area contributed by atoms with Gasteiger partial charge in [0, 0.05) is 0 Å². The number of hydrogen-bond donors (Lipinski definition) is 0. The van der Waals surface area contributed by atoms with Crippen molar-refractivity contribution >= 4 is 39.0 Å². The smallest absolute Gasteiger partial charge is 0.319 e. The van der Waals surface area contributed by atoms with Crippen molar-refractivity contribution in [3.63, 3.8) is 0 Å². The van der Waals surface area contributed by atoms with Crippen molar-refractivity contribution in [1.29, 1.82) is 0 Å². The Labute approximate surface area is 101 Å². The minimum absolute atomic E-state index is 0.218. The van der Waals surface area contributed by atoms with Crippen LogP contribution in [-0.2, 0) is 9.53 Å². The van der Waals surface area contributed by atoms with Gasteiger partial charge in [0.05, 0.1) is 15.8 Å². The number of halogens is 1. The van der Waals surface area contributed by atoms with Crippen molar-refractivity contribution in [2.75, 3.05) is 7.11 Å². The summed E-state index contributed by atoms with van der Waals surface area (Å²) in [5.41, 5.74) is -1.13. The Morgan fingerprint density at radius 1 is 1.40 bits per heavy atom. The Balaban J connectivity index is 2.99. The maximum Gasteiger partial charge on any atom is 0.319 e. The molecule has 0 radical (unpaired) electrons. The van der Waals surface area contributed by atoms with Gasteiger partial charge in [-0.05, 0) is 41.9 Å². The lowest BCUT2D eigenvalue weighted by molar-refractivity contribution is -0.147. The molecule has 0 atom stereocenters. The molecule has 1 aromatic rings. The van der Waals surface area contributed by atoms with Gasteiger partial charge in [-0.3, -0.25) is 9.59 Å². The molecule has 0 N–H and O–H groups in total. The third-order valence-electron chi connectivity index (χ3n) is 2.06. The van der Waals surface area contributed by atoms with Crippen LogP contribution in [0.5, 0.6) is 0 Å². The maximum atomic E-state index is 12.0. The average Bonchev–Trinajstić information content (AvgIpc) is 2.62. The molecule has 0 aliphatic heterocycles. The molecule has 5 heteroatoms. The van der Waals surface area contributed by atoms with Crippen molar-refractivity contribution in [2.45, 2.75) is 13.8 Å². The van der Waals surface area contributed by atoms with Gasteiger partial charge in [0.1, 0.15) is 5.41 Å². The molecule has 0 aliphatic rings. The molecule has 3 nitrogen and oxygen atoms in total. The lowest BCUT2D eigenvalue weighted by Gasteiger charge is -2.18. The second-order valence-corrected chi connectivity index (χ2v) is 6.01. The summed E-state index contributed by atoms with van der Waals surface area (Å²) >= 11 is 4.58. The molecule has 0 saturated heterocycles. The summed E-state index contributed by atoms with van der Waals surface area (Å²) in [4.78, 5) is 23.9.